The predicted octanol–water partition coefficient (Wildman–Crippen LogP) is 2.59. The first-order valence-corrected chi connectivity index (χ1v) is 7.21. The van der Waals surface area contributed by atoms with Crippen LogP contribution in [0.1, 0.15) is 38.7 Å². The molecule has 2 amide bonds. The van der Waals surface area contributed by atoms with Crippen LogP contribution in [0, 0.1) is 5.92 Å². The second-order valence-electron chi connectivity index (χ2n) is 5.61. The summed E-state index contributed by atoms with van der Waals surface area (Å²) >= 11 is 0. The molecular weight excluding hydrogens is 268 g/mol. The van der Waals surface area contributed by atoms with Crippen molar-refractivity contribution in [3.05, 3.63) is 35.9 Å². The number of rotatable bonds is 7. The molecule has 0 aromatic heterocycles. The summed E-state index contributed by atoms with van der Waals surface area (Å²) in [4.78, 5) is 22.6. The van der Waals surface area contributed by atoms with E-state index < -0.39 is 5.97 Å². The van der Waals surface area contributed by atoms with E-state index in [2.05, 4.69) is 10.6 Å². The van der Waals surface area contributed by atoms with E-state index in [1.807, 2.05) is 51.1 Å². The Morgan fingerprint density at radius 2 is 1.76 bits per heavy atom. The third-order valence-electron chi connectivity index (χ3n) is 3.45. The van der Waals surface area contributed by atoms with E-state index in [0.717, 1.165) is 5.56 Å². The number of carboxylic acids is 1. The predicted molar refractivity (Wildman–Crippen MR) is 82.3 cm³/mol. The molecule has 3 N–H and O–H groups in total. The average Bonchev–Trinajstić information content (AvgIpc) is 2.44. The summed E-state index contributed by atoms with van der Waals surface area (Å²) in [5.74, 6) is -0.640. The molecule has 1 aromatic rings. The van der Waals surface area contributed by atoms with E-state index in [0.29, 0.717) is 6.54 Å². The van der Waals surface area contributed by atoms with E-state index >= 15 is 0 Å². The van der Waals surface area contributed by atoms with Gasteiger partial charge < -0.3 is 15.7 Å². The molecule has 0 spiro atoms. The molecule has 0 aliphatic carbocycles. The maximum atomic E-state index is 11.9. The van der Waals surface area contributed by atoms with Crippen molar-refractivity contribution in [1.29, 1.82) is 0 Å². The van der Waals surface area contributed by atoms with Crippen molar-refractivity contribution in [1.82, 2.24) is 10.6 Å². The average molecular weight is 292 g/mol. The minimum atomic E-state index is -0.911. The van der Waals surface area contributed by atoms with Crippen molar-refractivity contribution >= 4 is 12.0 Å². The van der Waals surface area contributed by atoms with Crippen LogP contribution in [0.3, 0.4) is 0 Å². The van der Waals surface area contributed by atoms with E-state index in [9.17, 15) is 9.59 Å². The van der Waals surface area contributed by atoms with Gasteiger partial charge in [-0.15, -0.1) is 0 Å². The number of amides is 2. The van der Waals surface area contributed by atoms with Crippen molar-refractivity contribution in [3.63, 3.8) is 0 Å². The molecule has 1 aromatic carbocycles. The minimum absolute atomic E-state index is 0.0680. The number of carbonyl (C=O) groups excluding carboxylic acids is 1. The van der Waals surface area contributed by atoms with Gasteiger partial charge in [-0.2, -0.15) is 0 Å². The summed E-state index contributed by atoms with van der Waals surface area (Å²) in [6.45, 7) is 6.32. The van der Waals surface area contributed by atoms with Gasteiger partial charge in [0.1, 0.15) is 0 Å². The van der Waals surface area contributed by atoms with Crippen molar-refractivity contribution < 1.29 is 14.7 Å². The van der Waals surface area contributed by atoms with Gasteiger partial charge in [-0.3, -0.25) is 4.79 Å². The fourth-order valence-corrected chi connectivity index (χ4v) is 2.01. The largest absolute Gasteiger partial charge is 0.481 e. The number of carboxylic acid groups (broad SMARTS) is 1. The second kappa shape index (κ2) is 8.29. The first kappa shape index (κ1) is 17.0. The molecule has 0 fully saturated rings. The van der Waals surface area contributed by atoms with Gasteiger partial charge in [0.15, 0.2) is 0 Å². The Morgan fingerprint density at radius 3 is 2.29 bits per heavy atom. The van der Waals surface area contributed by atoms with Crippen LogP contribution in [0.15, 0.2) is 30.3 Å². The van der Waals surface area contributed by atoms with Crippen molar-refractivity contribution in [2.45, 2.75) is 39.2 Å². The molecule has 2 atom stereocenters. The Morgan fingerprint density at radius 1 is 1.14 bits per heavy atom. The first-order valence-electron chi connectivity index (χ1n) is 7.21. The van der Waals surface area contributed by atoms with Gasteiger partial charge in [-0.1, -0.05) is 51.1 Å². The highest BCUT2D eigenvalue weighted by Gasteiger charge is 2.19. The minimum Gasteiger partial charge on any atom is -0.481 e. The smallest absolute Gasteiger partial charge is 0.315 e. The van der Waals surface area contributed by atoms with Crippen molar-refractivity contribution in [2.24, 2.45) is 5.92 Å². The zero-order valence-electron chi connectivity index (χ0n) is 12.8. The highest BCUT2D eigenvalue weighted by atomic mass is 16.4. The molecule has 0 aliphatic rings. The van der Waals surface area contributed by atoms with Crippen LogP contribution in [0.5, 0.6) is 0 Å². The lowest BCUT2D eigenvalue weighted by atomic mass is 10.0. The van der Waals surface area contributed by atoms with Crippen LogP contribution < -0.4 is 10.6 Å². The summed E-state index contributed by atoms with van der Waals surface area (Å²) < 4.78 is 0. The lowest BCUT2D eigenvalue weighted by Crippen LogP contribution is -2.46. The van der Waals surface area contributed by atoms with Gasteiger partial charge in [0.2, 0.25) is 0 Å². The number of nitrogens with one attached hydrogen (secondary N) is 2. The Bertz CT molecular complexity index is 460. The zero-order valence-corrected chi connectivity index (χ0v) is 12.8. The molecule has 5 nitrogen and oxygen atoms in total. The lowest BCUT2D eigenvalue weighted by Gasteiger charge is -2.21. The number of benzene rings is 1. The SMILES string of the molecule is CC(CNC(=O)NC(CC(=O)O)C(C)C)c1ccccc1. The molecule has 0 saturated carbocycles. The quantitative estimate of drug-likeness (QED) is 0.722. The summed E-state index contributed by atoms with van der Waals surface area (Å²) in [7, 11) is 0. The first-order chi connectivity index (χ1) is 9.90. The van der Waals surface area contributed by atoms with E-state index in [4.69, 9.17) is 5.11 Å². The van der Waals surface area contributed by atoms with Gasteiger partial charge >= 0.3 is 12.0 Å². The number of hydrogen-bond acceptors (Lipinski definition) is 2. The van der Waals surface area contributed by atoms with Crippen LogP contribution in [0.25, 0.3) is 0 Å². The van der Waals surface area contributed by atoms with Crippen LogP contribution in [-0.4, -0.2) is 29.7 Å². The summed E-state index contributed by atoms with van der Waals surface area (Å²) in [6.07, 6.45) is -0.0701. The fourth-order valence-electron chi connectivity index (χ4n) is 2.01. The molecule has 0 heterocycles. The Balaban J connectivity index is 2.44. The third-order valence-corrected chi connectivity index (χ3v) is 3.45. The van der Waals surface area contributed by atoms with Crippen LogP contribution in [0.2, 0.25) is 0 Å². The van der Waals surface area contributed by atoms with Crippen LogP contribution in [0.4, 0.5) is 4.79 Å². The number of aliphatic carboxylic acids is 1. The van der Waals surface area contributed by atoms with Crippen LogP contribution in [-0.2, 0) is 4.79 Å². The molecule has 0 radical (unpaired) electrons. The van der Waals surface area contributed by atoms with Gasteiger partial charge in [0.05, 0.1) is 6.42 Å². The summed E-state index contributed by atoms with van der Waals surface area (Å²) in [5.41, 5.74) is 1.16. The standard InChI is InChI=1S/C16H24N2O3/c1-11(2)14(9-15(19)20)18-16(21)17-10-12(3)13-7-5-4-6-8-13/h4-8,11-12,14H,9-10H2,1-3H3,(H,19,20)(H2,17,18,21). The van der Waals surface area contributed by atoms with E-state index in [1.165, 1.54) is 0 Å². The molecular formula is C16H24N2O3. The number of urea groups is 1. The second-order valence-corrected chi connectivity index (χ2v) is 5.61. The maximum Gasteiger partial charge on any atom is 0.315 e. The van der Waals surface area contributed by atoms with Gasteiger partial charge in [0.25, 0.3) is 0 Å². The van der Waals surface area contributed by atoms with Crippen molar-refractivity contribution in [2.75, 3.05) is 6.54 Å². The number of hydrogen-bond donors (Lipinski definition) is 3. The third kappa shape index (κ3) is 6.29. The van der Waals surface area contributed by atoms with E-state index in [-0.39, 0.29) is 30.3 Å². The monoisotopic (exact) mass is 292 g/mol. The van der Waals surface area contributed by atoms with Gasteiger partial charge in [0, 0.05) is 12.6 Å². The van der Waals surface area contributed by atoms with Gasteiger partial charge in [-0.05, 0) is 17.4 Å². The summed E-state index contributed by atoms with van der Waals surface area (Å²) in [6, 6.07) is 9.24. The summed E-state index contributed by atoms with van der Waals surface area (Å²) in [5, 5.41) is 14.4. The fraction of sp³-hybridized carbons (Fsp3) is 0.500. The molecule has 1 rings (SSSR count). The number of carbonyl (C=O) groups is 2. The molecule has 2 unspecified atom stereocenters. The molecule has 5 heteroatoms. The van der Waals surface area contributed by atoms with Crippen LogP contribution >= 0.6 is 0 Å². The molecule has 0 bridgehead atoms. The van der Waals surface area contributed by atoms with Crippen molar-refractivity contribution in [3.8, 4) is 0 Å². The Labute approximate surface area is 125 Å². The highest BCUT2D eigenvalue weighted by molar-refractivity contribution is 5.75. The molecule has 21 heavy (non-hydrogen) atoms. The molecule has 0 saturated heterocycles. The van der Waals surface area contributed by atoms with Gasteiger partial charge in [-0.25, -0.2) is 4.79 Å². The zero-order chi connectivity index (χ0) is 15.8. The van der Waals surface area contributed by atoms with E-state index in [1.54, 1.807) is 0 Å². The maximum absolute atomic E-state index is 11.9. The highest BCUT2D eigenvalue weighted by Crippen LogP contribution is 2.13. The Hall–Kier alpha value is -2.04. The molecule has 0 aliphatic heterocycles. The normalized spacial score (nSPS) is 13.5. The molecule has 116 valence electrons. The Kier molecular flexibility index (Phi) is 6.72. The topological polar surface area (TPSA) is 78.4 Å². The lowest BCUT2D eigenvalue weighted by molar-refractivity contribution is -0.137.